The lowest BCUT2D eigenvalue weighted by atomic mass is 9.69. The van der Waals surface area contributed by atoms with Gasteiger partial charge >= 0.3 is 6.09 Å². The van der Waals surface area contributed by atoms with Crippen molar-refractivity contribution in [2.24, 2.45) is 0 Å². The Balaban J connectivity index is 1.78. The normalized spacial score (nSPS) is 26.4. The molecule has 1 heterocycles. The van der Waals surface area contributed by atoms with Crippen molar-refractivity contribution in [3.05, 3.63) is 102 Å². The molecule has 0 radical (unpaired) electrons. The number of para-hydroxylation sites is 1. The Morgan fingerprint density at radius 1 is 0.754 bits per heavy atom. The van der Waals surface area contributed by atoms with Crippen LogP contribution in [0.2, 0.25) is 0 Å². The highest BCUT2D eigenvalue weighted by Gasteiger charge is 2.79. The van der Waals surface area contributed by atoms with Crippen molar-refractivity contribution in [1.82, 2.24) is 41.3 Å². The topological polar surface area (TPSA) is 149 Å². The molecule has 1 amide bonds. The average molecular weight is 954 g/mol. The molecular formula is C56H91N9O4. The minimum absolute atomic E-state index is 0.0767. The van der Waals surface area contributed by atoms with Crippen molar-refractivity contribution < 1.29 is 19.7 Å². The SMILES string of the molecule is CCCCN1C(CC)(Nc2ccccc2)C(NC)(c2ccccc2)N(C(=O)OC(C)C(C)(NCCO)NCc2ccccc2)C(NC)(N(C2CCCCC2)C2CCCCC2)C1(CCCC)NCCO. The van der Waals surface area contributed by atoms with E-state index in [4.69, 9.17) is 4.74 Å². The summed E-state index contributed by atoms with van der Waals surface area (Å²) in [4.78, 5) is 24.8. The number of hydrogen-bond donors (Lipinski definition) is 8. The highest BCUT2D eigenvalue weighted by atomic mass is 16.6. The molecule has 13 nitrogen and oxygen atoms in total. The van der Waals surface area contributed by atoms with E-state index in [9.17, 15) is 10.2 Å². The van der Waals surface area contributed by atoms with Gasteiger partial charge in [0.1, 0.15) is 23.1 Å². The van der Waals surface area contributed by atoms with Crippen LogP contribution in [-0.2, 0) is 16.9 Å². The minimum Gasteiger partial charge on any atom is -0.443 e. The molecule has 3 aromatic rings. The van der Waals surface area contributed by atoms with Gasteiger partial charge in [0.25, 0.3) is 0 Å². The summed E-state index contributed by atoms with van der Waals surface area (Å²) >= 11 is 0. The molecule has 8 N–H and O–H groups in total. The number of rotatable bonds is 26. The van der Waals surface area contributed by atoms with Gasteiger partial charge in [-0.1, -0.05) is 157 Å². The number of nitrogens with one attached hydrogen (secondary N) is 6. The molecule has 3 fully saturated rings. The fourth-order valence-electron chi connectivity index (χ4n) is 12.8. The van der Waals surface area contributed by atoms with Gasteiger partial charge < -0.3 is 20.3 Å². The molecular weight excluding hydrogens is 863 g/mol. The van der Waals surface area contributed by atoms with Gasteiger partial charge in [-0.15, -0.1) is 0 Å². The van der Waals surface area contributed by atoms with Crippen LogP contribution in [0.3, 0.4) is 0 Å². The van der Waals surface area contributed by atoms with Gasteiger partial charge in [0.2, 0.25) is 0 Å². The van der Waals surface area contributed by atoms with Crippen LogP contribution in [0.5, 0.6) is 0 Å². The Bertz CT molecular complexity index is 1910. The number of aliphatic hydroxyl groups is 2. The highest BCUT2D eigenvalue weighted by Crippen LogP contribution is 2.59. The number of aliphatic hydroxyl groups excluding tert-OH is 2. The molecule has 384 valence electrons. The number of benzene rings is 3. The Kier molecular flexibility index (Phi) is 20.3. The number of likely N-dealkylation sites (N-methyl/N-ethyl adjacent to an activating group) is 2. The van der Waals surface area contributed by atoms with Crippen molar-refractivity contribution in [3.63, 3.8) is 0 Å². The Hall–Kier alpha value is -3.63. The maximum absolute atomic E-state index is 17.2. The third kappa shape index (κ3) is 10.9. The van der Waals surface area contributed by atoms with Gasteiger partial charge in [0, 0.05) is 44.0 Å². The summed E-state index contributed by atoms with van der Waals surface area (Å²) in [6.45, 7) is 12.4. The second-order valence-electron chi connectivity index (χ2n) is 20.1. The van der Waals surface area contributed by atoms with Crippen LogP contribution in [0.1, 0.15) is 148 Å². The first kappa shape index (κ1) is 54.7. The molecule has 6 rings (SSSR count). The van der Waals surface area contributed by atoms with E-state index in [0.717, 1.165) is 93.9 Å². The zero-order valence-electron chi connectivity index (χ0n) is 43.5. The molecule has 13 heteroatoms. The molecule has 1 aliphatic heterocycles. The van der Waals surface area contributed by atoms with Crippen LogP contribution in [0.4, 0.5) is 10.5 Å². The Labute approximate surface area is 416 Å². The molecule has 0 bridgehead atoms. The molecule has 69 heavy (non-hydrogen) atoms. The van der Waals surface area contributed by atoms with Gasteiger partial charge in [-0.3, -0.25) is 36.4 Å². The summed E-state index contributed by atoms with van der Waals surface area (Å²) in [7, 11) is 4.09. The monoisotopic (exact) mass is 954 g/mol. The Morgan fingerprint density at radius 3 is 1.84 bits per heavy atom. The maximum atomic E-state index is 17.2. The number of unbranched alkanes of at least 4 members (excludes halogenated alkanes) is 2. The van der Waals surface area contributed by atoms with Crippen molar-refractivity contribution in [3.8, 4) is 0 Å². The van der Waals surface area contributed by atoms with Crippen LogP contribution in [0.25, 0.3) is 0 Å². The highest BCUT2D eigenvalue weighted by molar-refractivity contribution is 5.73. The van der Waals surface area contributed by atoms with Crippen LogP contribution in [-0.4, -0.2) is 119 Å². The molecule has 6 atom stereocenters. The Morgan fingerprint density at radius 2 is 1.32 bits per heavy atom. The average Bonchev–Trinajstić information content (AvgIpc) is 3.39. The second kappa shape index (κ2) is 25.7. The van der Waals surface area contributed by atoms with Crippen molar-refractivity contribution in [2.45, 2.75) is 191 Å². The van der Waals surface area contributed by atoms with E-state index >= 15 is 4.79 Å². The van der Waals surface area contributed by atoms with Gasteiger partial charge in [-0.2, -0.15) is 0 Å². The lowest BCUT2D eigenvalue weighted by Gasteiger charge is -2.78. The number of ether oxygens (including phenoxy) is 1. The third-order valence-corrected chi connectivity index (χ3v) is 16.1. The summed E-state index contributed by atoms with van der Waals surface area (Å²) < 4.78 is 7.26. The van der Waals surface area contributed by atoms with Gasteiger partial charge in [-0.05, 0) is 96.1 Å². The maximum Gasteiger partial charge on any atom is 0.414 e. The smallest absolute Gasteiger partial charge is 0.414 e. The molecule has 2 saturated carbocycles. The summed E-state index contributed by atoms with van der Waals surface area (Å²) in [6.07, 6.45) is 14.6. The number of nitrogens with zero attached hydrogens (tertiary/aromatic N) is 3. The van der Waals surface area contributed by atoms with Gasteiger partial charge in [0.15, 0.2) is 11.4 Å². The molecule has 6 unspecified atom stereocenters. The van der Waals surface area contributed by atoms with E-state index in [1.54, 1.807) is 0 Å². The van der Waals surface area contributed by atoms with Gasteiger partial charge in [-0.25, -0.2) is 9.69 Å². The van der Waals surface area contributed by atoms with E-state index in [1.165, 1.54) is 12.8 Å². The fraction of sp³-hybridized carbons (Fsp3) is 0.661. The lowest BCUT2D eigenvalue weighted by molar-refractivity contribution is -0.323. The summed E-state index contributed by atoms with van der Waals surface area (Å²) in [5, 5.41) is 45.3. The van der Waals surface area contributed by atoms with Crippen molar-refractivity contribution >= 4 is 11.8 Å². The standard InChI is InChI=1S/C56H91N9O4/c1-8-11-38-54(60-40-43-67)56(58-7,64(49-34-24-16-25-35-49)50-36-26-17-27-37-50)65(51(68)69-45(4)52(5,59-39-42-66)61-44-46-28-18-13-19-29-46)55(57-6,47-30-20-14-21-31-47)53(10-3,63(54)41-12-9-2)62-48-32-22-15-23-33-48/h13-15,18-23,28-33,45,49-50,57-62,66-67H,8-12,16-17,24-27,34-44H2,1-7H3. The number of carbonyl (C=O) groups is 1. The zero-order chi connectivity index (χ0) is 49.4. The molecule has 3 aliphatic rings. The first-order chi connectivity index (χ1) is 33.6. The van der Waals surface area contributed by atoms with Crippen molar-refractivity contribution in [1.29, 1.82) is 0 Å². The van der Waals surface area contributed by atoms with E-state index in [1.807, 2.05) is 45.2 Å². The molecule has 0 aromatic heterocycles. The molecule has 2 aliphatic carbocycles. The van der Waals surface area contributed by atoms with Crippen LogP contribution in [0, 0.1) is 0 Å². The number of piperazine rings is 1. The van der Waals surface area contributed by atoms with Crippen molar-refractivity contribution in [2.75, 3.05) is 52.3 Å². The largest absolute Gasteiger partial charge is 0.443 e. The lowest BCUT2D eigenvalue weighted by Crippen LogP contribution is -3.00. The summed E-state index contributed by atoms with van der Waals surface area (Å²) in [5.74, 6) is -1.30. The predicted octanol–water partition coefficient (Wildman–Crippen LogP) is 8.62. The fourth-order valence-corrected chi connectivity index (χ4v) is 12.8. The number of amides is 1. The number of anilines is 1. The first-order valence-corrected chi connectivity index (χ1v) is 26.9. The van der Waals surface area contributed by atoms with Crippen LogP contribution in [0.15, 0.2) is 91.0 Å². The van der Waals surface area contributed by atoms with E-state index in [0.29, 0.717) is 39.0 Å². The van der Waals surface area contributed by atoms with E-state index in [-0.39, 0.29) is 25.3 Å². The summed E-state index contributed by atoms with van der Waals surface area (Å²) in [6, 6.07) is 31.6. The van der Waals surface area contributed by atoms with Crippen LogP contribution < -0.4 is 31.9 Å². The van der Waals surface area contributed by atoms with E-state index in [2.05, 4.69) is 141 Å². The zero-order valence-corrected chi connectivity index (χ0v) is 43.5. The quantitative estimate of drug-likeness (QED) is 0.0365. The summed E-state index contributed by atoms with van der Waals surface area (Å²) in [5.41, 5.74) is -1.43. The second-order valence-corrected chi connectivity index (χ2v) is 20.1. The minimum atomic E-state index is -1.34. The first-order valence-electron chi connectivity index (χ1n) is 26.9. The predicted molar refractivity (Wildman–Crippen MR) is 281 cm³/mol. The van der Waals surface area contributed by atoms with E-state index < -0.39 is 40.6 Å². The number of hydrogen-bond acceptors (Lipinski definition) is 12. The number of carbonyl (C=O) groups excluding carboxylic acids is 1. The van der Waals surface area contributed by atoms with Gasteiger partial charge in [0.05, 0.1) is 13.2 Å². The molecule has 1 saturated heterocycles. The molecule has 3 aromatic carbocycles. The third-order valence-electron chi connectivity index (χ3n) is 16.1. The van der Waals surface area contributed by atoms with Crippen LogP contribution >= 0.6 is 0 Å². The molecule has 0 spiro atoms.